The Hall–Kier alpha value is -3.46. The summed E-state index contributed by atoms with van der Waals surface area (Å²) in [6.45, 7) is 27.0. The second kappa shape index (κ2) is 21.9. The van der Waals surface area contributed by atoms with E-state index in [1.54, 1.807) is 0 Å². The molecule has 0 aromatic heterocycles. The Kier molecular flexibility index (Phi) is 18.8. The van der Waals surface area contributed by atoms with E-state index in [1.165, 1.54) is 33.4 Å². The van der Waals surface area contributed by atoms with Crippen molar-refractivity contribution in [3.8, 4) is 0 Å². The van der Waals surface area contributed by atoms with Crippen molar-refractivity contribution < 1.29 is 10.2 Å². The molecule has 2 N–H and O–H groups in total. The zero-order chi connectivity index (χ0) is 38.9. The lowest BCUT2D eigenvalue weighted by atomic mass is 9.61. The first kappa shape index (κ1) is 44.7. The molecule has 0 aliphatic heterocycles. The summed E-state index contributed by atoms with van der Waals surface area (Å²) in [6.07, 6.45) is 44.2. The van der Waals surface area contributed by atoms with Crippen molar-refractivity contribution in [3.63, 3.8) is 0 Å². The molecule has 0 bridgehead atoms. The summed E-state index contributed by atoms with van der Waals surface area (Å²) in [6, 6.07) is 0. The zero-order valence-corrected chi connectivity index (χ0v) is 34.8. The van der Waals surface area contributed by atoms with Gasteiger partial charge >= 0.3 is 0 Å². The van der Waals surface area contributed by atoms with Gasteiger partial charge in [0.15, 0.2) is 0 Å². The lowest BCUT2D eigenvalue weighted by molar-refractivity contribution is 0.154. The Morgan fingerprint density at radius 3 is 1.23 bits per heavy atom. The molecule has 284 valence electrons. The van der Waals surface area contributed by atoms with Crippen molar-refractivity contribution in [2.75, 3.05) is 13.2 Å². The minimum atomic E-state index is 0.144. The van der Waals surface area contributed by atoms with E-state index in [-0.39, 0.29) is 24.0 Å². The molecule has 0 unspecified atom stereocenters. The highest BCUT2D eigenvalue weighted by atomic mass is 16.3. The molecular weight excluding hydrogens is 633 g/mol. The molecule has 0 spiro atoms. The monoisotopic (exact) mass is 705 g/mol. The van der Waals surface area contributed by atoms with Crippen LogP contribution in [0.15, 0.2) is 154 Å². The van der Waals surface area contributed by atoms with E-state index < -0.39 is 0 Å². The summed E-state index contributed by atoms with van der Waals surface area (Å²) in [5.74, 6) is 1.94. The Morgan fingerprint density at radius 2 is 0.885 bits per heavy atom. The molecule has 0 saturated heterocycles. The summed E-state index contributed by atoms with van der Waals surface area (Å²) >= 11 is 0. The molecule has 4 atom stereocenters. The van der Waals surface area contributed by atoms with Gasteiger partial charge in [-0.15, -0.1) is 0 Å². The van der Waals surface area contributed by atoms with Crippen LogP contribution in [-0.2, 0) is 0 Å². The molecule has 0 saturated carbocycles. The average molecular weight is 705 g/mol. The lowest BCUT2D eigenvalue weighted by Crippen LogP contribution is -2.35. The van der Waals surface area contributed by atoms with Crippen LogP contribution in [0.4, 0.5) is 0 Å². The predicted molar refractivity (Wildman–Crippen MR) is 230 cm³/mol. The average Bonchev–Trinajstić information content (AvgIpc) is 3.08. The Morgan fingerprint density at radius 1 is 0.558 bits per heavy atom. The van der Waals surface area contributed by atoms with Crippen molar-refractivity contribution in [3.05, 3.63) is 154 Å². The van der Waals surface area contributed by atoms with Crippen LogP contribution in [0.1, 0.15) is 109 Å². The minimum Gasteiger partial charge on any atom is -0.392 e. The maximum atomic E-state index is 9.41. The molecule has 0 amide bonds. The third kappa shape index (κ3) is 14.5. The largest absolute Gasteiger partial charge is 0.392 e. The van der Waals surface area contributed by atoms with E-state index >= 15 is 0 Å². The van der Waals surface area contributed by atoms with Crippen LogP contribution in [0.3, 0.4) is 0 Å². The fraction of sp³-hybridized carbons (Fsp3) is 0.480. The highest BCUT2D eigenvalue weighted by Crippen LogP contribution is 2.48. The molecule has 2 aliphatic rings. The van der Waals surface area contributed by atoms with Gasteiger partial charge in [0.1, 0.15) is 0 Å². The van der Waals surface area contributed by atoms with Crippen LogP contribution in [0.2, 0.25) is 0 Å². The van der Waals surface area contributed by atoms with Crippen molar-refractivity contribution in [2.45, 2.75) is 109 Å². The Bertz CT molecular complexity index is 1460. The molecule has 2 nitrogen and oxygen atoms in total. The summed E-state index contributed by atoms with van der Waals surface area (Å²) in [4.78, 5) is 0. The molecule has 2 rings (SSSR count). The molecule has 0 aromatic rings. The fourth-order valence-corrected chi connectivity index (χ4v) is 7.45. The van der Waals surface area contributed by atoms with Gasteiger partial charge in [-0.1, -0.05) is 182 Å². The Labute approximate surface area is 319 Å². The summed E-state index contributed by atoms with van der Waals surface area (Å²) in [5.41, 5.74) is 10.2. The molecule has 0 fully saturated rings. The van der Waals surface area contributed by atoms with Crippen LogP contribution in [0, 0.1) is 34.5 Å². The zero-order valence-electron chi connectivity index (χ0n) is 34.8. The van der Waals surface area contributed by atoms with Crippen molar-refractivity contribution in [1.29, 1.82) is 0 Å². The number of rotatable bonds is 16. The smallest absolute Gasteiger partial charge is 0.0639 e. The maximum Gasteiger partial charge on any atom is 0.0639 e. The van der Waals surface area contributed by atoms with Crippen molar-refractivity contribution >= 4 is 0 Å². The predicted octanol–water partition coefficient (Wildman–Crippen LogP) is 13.4. The van der Waals surface area contributed by atoms with Crippen LogP contribution in [0.5, 0.6) is 0 Å². The van der Waals surface area contributed by atoms with E-state index in [2.05, 4.69) is 179 Å². The first-order valence-electron chi connectivity index (χ1n) is 19.5. The van der Waals surface area contributed by atoms with E-state index in [0.29, 0.717) is 23.7 Å². The highest BCUT2D eigenvalue weighted by molar-refractivity contribution is 5.33. The van der Waals surface area contributed by atoms with E-state index in [9.17, 15) is 10.2 Å². The third-order valence-electron chi connectivity index (χ3n) is 11.5. The Balaban J connectivity index is 1.94. The highest BCUT2D eigenvalue weighted by Gasteiger charge is 2.39. The molecule has 2 aliphatic carbocycles. The third-order valence-corrected chi connectivity index (χ3v) is 11.5. The topological polar surface area (TPSA) is 40.5 Å². The first-order valence-corrected chi connectivity index (χ1v) is 19.5. The fourth-order valence-electron chi connectivity index (χ4n) is 7.45. The summed E-state index contributed by atoms with van der Waals surface area (Å²) in [7, 11) is 0. The summed E-state index contributed by atoms with van der Waals surface area (Å²) in [5, 5.41) is 18.8. The van der Waals surface area contributed by atoms with Gasteiger partial charge in [-0.2, -0.15) is 0 Å². The van der Waals surface area contributed by atoms with Crippen LogP contribution < -0.4 is 0 Å². The van der Waals surface area contributed by atoms with Gasteiger partial charge in [0.05, 0.1) is 13.2 Å². The minimum absolute atomic E-state index is 0.144. The second-order valence-electron chi connectivity index (χ2n) is 16.7. The van der Waals surface area contributed by atoms with Crippen LogP contribution in [0.25, 0.3) is 0 Å². The van der Waals surface area contributed by atoms with Crippen LogP contribution >= 0.6 is 0 Å². The SMILES string of the molecule is CC1=CC[C@H](C/C=C(\C)CO)C(C)(C)[C@@H]1/C=C/C(C)=C/C=C/C(C)=C/C=C/C=C(C)/C=C/C=C(C)/C=C/[C@H]1C(C)=CC[C@H](C/C=C(\C)CO)C1(C)C. The number of hydrogen-bond donors (Lipinski definition) is 2. The maximum absolute atomic E-state index is 9.41. The van der Waals surface area contributed by atoms with Gasteiger partial charge in [0.2, 0.25) is 0 Å². The number of allylic oxidation sites excluding steroid dienone is 24. The van der Waals surface area contributed by atoms with E-state index in [4.69, 9.17) is 0 Å². The molecular formula is C50H72O2. The van der Waals surface area contributed by atoms with Crippen LogP contribution in [-0.4, -0.2) is 23.4 Å². The van der Waals surface area contributed by atoms with Crippen molar-refractivity contribution in [1.82, 2.24) is 0 Å². The van der Waals surface area contributed by atoms with Crippen molar-refractivity contribution in [2.24, 2.45) is 34.5 Å². The molecule has 0 radical (unpaired) electrons. The van der Waals surface area contributed by atoms with Gasteiger partial charge in [0.25, 0.3) is 0 Å². The lowest BCUT2D eigenvalue weighted by Gasteiger charge is -2.43. The van der Waals surface area contributed by atoms with Gasteiger partial charge < -0.3 is 10.2 Å². The molecule has 2 heteroatoms. The second-order valence-corrected chi connectivity index (χ2v) is 16.7. The van der Waals surface area contributed by atoms with Gasteiger partial charge in [-0.25, -0.2) is 0 Å². The molecule has 52 heavy (non-hydrogen) atoms. The molecule has 0 aromatic carbocycles. The normalized spacial score (nSPS) is 25.7. The number of aliphatic hydroxyl groups excluding tert-OH is 2. The quantitative estimate of drug-likeness (QED) is 0.124. The molecule has 0 heterocycles. The standard InChI is InChI=1S/C50H72O2/c1-37(19-15-21-39(3)25-33-47-43(7)27-31-45(49(47,9)10)29-23-41(5)35-51)17-13-14-18-38(2)20-16-22-40(4)26-34-48-44(8)28-32-46(50(48,11)12)30-24-42(6)36-52/h13-28,33-34,45-48,51-52H,29-32,35-36H2,1-12H3/b14-13+,19-15+,20-16+,33-25+,34-26+,37-17+,38-18+,39-21+,40-22+,41-23+,42-24+/t45-,46-,47-,48+/m0/s1. The first-order chi connectivity index (χ1) is 24.5. The van der Waals surface area contributed by atoms with E-state index in [1.807, 2.05) is 13.8 Å². The van der Waals surface area contributed by atoms with E-state index in [0.717, 1.165) is 36.8 Å². The summed E-state index contributed by atoms with van der Waals surface area (Å²) < 4.78 is 0. The number of aliphatic hydroxyl groups is 2. The van der Waals surface area contributed by atoms with Gasteiger partial charge in [-0.05, 0) is 104 Å². The van der Waals surface area contributed by atoms with Gasteiger partial charge in [-0.3, -0.25) is 0 Å². The number of hydrogen-bond acceptors (Lipinski definition) is 2. The van der Waals surface area contributed by atoms with Gasteiger partial charge in [0, 0.05) is 11.8 Å².